The third-order valence-electron chi connectivity index (χ3n) is 6.55. The lowest BCUT2D eigenvalue weighted by molar-refractivity contribution is -0.132. The zero-order chi connectivity index (χ0) is 31.4. The molecule has 43 heavy (non-hydrogen) atoms. The zero-order valence-electron chi connectivity index (χ0n) is 23.6. The van der Waals surface area contributed by atoms with E-state index in [0.29, 0.717) is 5.56 Å². The van der Waals surface area contributed by atoms with Crippen LogP contribution < -0.4 is 43.4 Å². The second-order valence-corrected chi connectivity index (χ2v) is 9.86. The summed E-state index contributed by atoms with van der Waals surface area (Å²) in [6.07, 6.45) is 0.240. The molecule has 1 fully saturated rings. The van der Waals surface area contributed by atoms with Gasteiger partial charge in [-0.2, -0.15) is 0 Å². The molecule has 5 amide bonds. The Kier molecular flexibility index (Phi) is 11.8. The number of nitrogens with one attached hydrogen (secondary N) is 6. The van der Waals surface area contributed by atoms with Crippen molar-refractivity contribution in [3.05, 3.63) is 65.7 Å². The van der Waals surface area contributed by atoms with E-state index >= 15 is 0 Å². The van der Waals surface area contributed by atoms with Crippen molar-refractivity contribution >= 4 is 35.5 Å². The van der Waals surface area contributed by atoms with Gasteiger partial charge in [0.1, 0.15) is 23.9 Å². The minimum absolute atomic E-state index is 0.0691. The van der Waals surface area contributed by atoms with Crippen molar-refractivity contribution in [2.45, 2.75) is 37.0 Å². The number of aromatic hydroxyl groups is 1. The molecule has 0 aliphatic carbocycles. The Balaban J connectivity index is 1.78. The number of nitrogens with zero attached hydrogens (tertiary/aromatic N) is 1. The number of carbonyl (C=O) groups is 5. The first-order valence-electron chi connectivity index (χ1n) is 13.5. The van der Waals surface area contributed by atoms with E-state index in [0.717, 1.165) is 5.56 Å². The van der Waals surface area contributed by atoms with E-state index in [2.05, 4.69) is 36.9 Å². The molecular weight excluding hydrogens is 558 g/mol. The SMILES string of the molecule is CN=C1NC[C@@H](C(N)=O)NC(=O)[C@H](Cc2ccccc2)NC(=O)CNC(=O)[C@H](NC(=O)[C@@H](N)Cc2ccc(O)cc2)CN1. The summed E-state index contributed by atoms with van der Waals surface area (Å²) in [5, 5.41) is 25.4. The fraction of sp³-hybridized carbons (Fsp3) is 0.357. The van der Waals surface area contributed by atoms with Gasteiger partial charge in [-0.1, -0.05) is 42.5 Å². The third-order valence-corrected chi connectivity index (χ3v) is 6.55. The molecule has 1 heterocycles. The van der Waals surface area contributed by atoms with Gasteiger partial charge in [-0.25, -0.2) is 0 Å². The summed E-state index contributed by atoms with van der Waals surface area (Å²) in [6, 6.07) is 10.6. The molecule has 15 heteroatoms. The van der Waals surface area contributed by atoms with Crippen LogP contribution in [0.1, 0.15) is 11.1 Å². The molecule has 1 aliphatic heterocycles. The predicted octanol–water partition coefficient (Wildman–Crippen LogP) is -3.26. The average Bonchev–Trinajstić information content (AvgIpc) is 2.99. The van der Waals surface area contributed by atoms with E-state index in [1.807, 2.05) is 0 Å². The maximum Gasteiger partial charge on any atom is 0.244 e. The maximum atomic E-state index is 13.2. The first-order valence-corrected chi connectivity index (χ1v) is 13.5. The van der Waals surface area contributed by atoms with Crippen LogP contribution in [-0.4, -0.2) is 91.5 Å². The van der Waals surface area contributed by atoms with Gasteiger partial charge in [-0.15, -0.1) is 0 Å². The van der Waals surface area contributed by atoms with Crippen LogP contribution in [0.15, 0.2) is 59.6 Å². The molecule has 0 aromatic heterocycles. The summed E-state index contributed by atoms with van der Waals surface area (Å²) in [6.45, 7) is -0.835. The Morgan fingerprint density at radius 2 is 1.63 bits per heavy atom. The van der Waals surface area contributed by atoms with E-state index in [9.17, 15) is 29.1 Å². The monoisotopic (exact) mass is 595 g/mol. The van der Waals surface area contributed by atoms with E-state index in [1.165, 1.54) is 19.2 Å². The number of hydrogen-bond donors (Lipinski definition) is 9. The number of phenols is 1. The van der Waals surface area contributed by atoms with Crippen LogP contribution in [0.3, 0.4) is 0 Å². The number of phenolic OH excluding ortho intramolecular Hbond substituents is 1. The number of rotatable bonds is 7. The minimum Gasteiger partial charge on any atom is -0.508 e. The lowest BCUT2D eigenvalue weighted by atomic mass is 10.0. The maximum absolute atomic E-state index is 13.2. The highest BCUT2D eigenvalue weighted by molar-refractivity contribution is 5.95. The molecule has 3 rings (SSSR count). The molecule has 2 aromatic rings. The molecule has 0 bridgehead atoms. The largest absolute Gasteiger partial charge is 0.508 e. The second kappa shape index (κ2) is 15.7. The van der Waals surface area contributed by atoms with E-state index < -0.39 is 60.2 Å². The van der Waals surface area contributed by atoms with Crippen molar-refractivity contribution in [3.63, 3.8) is 0 Å². The van der Waals surface area contributed by atoms with Gasteiger partial charge in [-0.05, 0) is 29.7 Å². The molecule has 15 nitrogen and oxygen atoms in total. The molecule has 2 aromatic carbocycles. The van der Waals surface area contributed by atoms with Gasteiger partial charge < -0.3 is 48.5 Å². The smallest absolute Gasteiger partial charge is 0.244 e. The number of hydrogen-bond acceptors (Lipinski definition) is 8. The van der Waals surface area contributed by atoms with Gasteiger partial charge in [0.15, 0.2) is 5.96 Å². The fourth-order valence-corrected chi connectivity index (χ4v) is 4.17. The summed E-state index contributed by atoms with van der Waals surface area (Å²) < 4.78 is 0. The Labute approximate surface area is 248 Å². The van der Waals surface area contributed by atoms with E-state index in [1.54, 1.807) is 42.5 Å². The Bertz CT molecular complexity index is 1320. The number of nitrogens with two attached hydrogens (primary N) is 2. The summed E-state index contributed by atoms with van der Waals surface area (Å²) in [4.78, 5) is 68.2. The molecule has 0 spiro atoms. The van der Waals surface area contributed by atoms with Gasteiger partial charge in [-0.3, -0.25) is 29.0 Å². The fourth-order valence-electron chi connectivity index (χ4n) is 4.17. The number of primary amides is 1. The Morgan fingerprint density at radius 3 is 2.28 bits per heavy atom. The van der Waals surface area contributed by atoms with Crippen LogP contribution in [0.25, 0.3) is 0 Å². The first kappa shape index (κ1) is 32.3. The van der Waals surface area contributed by atoms with Crippen molar-refractivity contribution in [2.24, 2.45) is 16.5 Å². The first-order chi connectivity index (χ1) is 20.5. The topological polar surface area (TPSA) is 242 Å². The number of benzene rings is 2. The van der Waals surface area contributed by atoms with Crippen molar-refractivity contribution in [3.8, 4) is 5.75 Å². The second-order valence-electron chi connectivity index (χ2n) is 9.86. The van der Waals surface area contributed by atoms with E-state index in [4.69, 9.17) is 11.5 Å². The van der Waals surface area contributed by atoms with Gasteiger partial charge in [0, 0.05) is 26.6 Å². The summed E-state index contributed by atoms with van der Waals surface area (Å²) in [5.74, 6) is -3.27. The number of guanidine groups is 1. The normalized spacial score (nSPS) is 21.9. The zero-order valence-corrected chi connectivity index (χ0v) is 23.6. The molecule has 0 radical (unpaired) electrons. The van der Waals surface area contributed by atoms with Crippen LogP contribution in [-0.2, 0) is 36.8 Å². The molecule has 1 aliphatic rings. The Morgan fingerprint density at radius 1 is 0.953 bits per heavy atom. The lowest BCUT2D eigenvalue weighted by Crippen LogP contribution is -2.58. The molecular formula is C28H37N9O6. The molecule has 11 N–H and O–H groups in total. The van der Waals surface area contributed by atoms with Gasteiger partial charge in [0.05, 0.1) is 12.6 Å². The highest BCUT2D eigenvalue weighted by atomic mass is 16.3. The highest BCUT2D eigenvalue weighted by Gasteiger charge is 2.29. The summed E-state index contributed by atoms with van der Waals surface area (Å²) >= 11 is 0. The van der Waals surface area contributed by atoms with Crippen molar-refractivity contribution in [1.82, 2.24) is 31.9 Å². The quantitative estimate of drug-likeness (QED) is 0.156. The molecule has 0 unspecified atom stereocenters. The van der Waals surface area contributed by atoms with Crippen LogP contribution in [0.5, 0.6) is 5.75 Å². The van der Waals surface area contributed by atoms with E-state index in [-0.39, 0.29) is 37.6 Å². The minimum atomic E-state index is -1.19. The van der Waals surface area contributed by atoms with Crippen LogP contribution >= 0.6 is 0 Å². The average molecular weight is 596 g/mol. The molecule has 230 valence electrons. The lowest BCUT2D eigenvalue weighted by Gasteiger charge is -2.23. The van der Waals surface area contributed by atoms with Crippen molar-refractivity contribution in [1.29, 1.82) is 0 Å². The van der Waals surface area contributed by atoms with Crippen LogP contribution in [0.2, 0.25) is 0 Å². The molecule has 1 saturated heterocycles. The number of amides is 5. The number of carbonyl (C=O) groups excluding carboxylic acids is 5. The standard InChI is InChI=1S/C28H37N9O6/c1-31-28-33-13-21(24(30)40)36-27(43)20(12-16-5-3-2-4-6-16)35-23(39)15-32-26(42)22(14-34-28)37-25(41)19(29)11-17-7-9-18(38)10-8-17/h2-10,19-22,38H,11-15,29H2,1H3,(H2,30,40)(H,32,42)(H,35,39)(H,36,43)(H,37,41)(H2,31,33,34)/t19-,20-,21-,22+/m0/s1. The summed E-state index contributed by atoms with van der Waals surface area (Å²) in [5.41, 5.74) is 13.0. The highest BCUT2D eigenvalue weighted by Crippen LogP contribution is 2.11. The van der Waals surface area contributed by atoms with Crippen molar-refractivity contribution < 1.29 is 29.1 Å². The third kappa shape index (κ3) is 10.3. The van der Waals surface area contributed by atoms with Crippen molar-refractivity contribution in [2.75, 3.05) is 26.7 Å². The van der Waals surface area contributed by atoms with Gasteiger partial charge in [0.25, 0.3) is 0 Å². The van der Waals surface area contributed by atoms with Gasteiger partial charge in [0.2, 0.25) is 29.5 Å². The Hall–Kier alpha value is -5.18. The van der Waals surface area contributed by atoms with Crippen LogP contribution in [0, 0.1) is 0 Å². The summed E-state index contributed by atoms with van der Waals surface area (Å²) in [7, 11) is 1.45. The molecule has 4 atom stereocenters. The van der Waals surface area contributed by atoms with Crippen LogP contribution in [0.4, 0.5) is 0 Å². The predicted molar refractivity (Wildman–Crippen MR) is 157 cm³/mol. The van der Waals surface area contributed by atoms with Gasteiger partial charge >= 0.3 is 0 Å². The molecule has 0 saturated carbocycles. The number of aliphatic imine (C=N–C) groups is 1.